The molecule has 2 amide bonds. The van der Waals surface area contributed by atoms with E-state index < -0.39 is 0 Å². The molecule has 2 fully saturated rings. The number of anilines is 2. The second-order valence-electron chi connectivity index (χ2n) is 9.78. The molecule has 10 heteroatoms. The standard InChI is InChI=1S/C26H34N8O2/c1-18-6-5-7-21(12-18)19(2)29-30-23-13-22(33-8-10-36-11-9-33)24-25(28-23)34(17-27-24)16-20-14-31(3)26(35)32(4)15-20/h5-7,12-13,17,20H,8-11,14-16H2,1-4H3,(H,28,30)/b29-19+. The highest BCUT2D eigenvalue weighted by molar-refractivity contribution is 5.99. The predicted molar refractivity (Wildman–Crippen MR) is 142 cm³/mol. The van der Waals surface area contributed by atoms with Crippen LogP contribution in [0, 0.1) is 12.8 Å². The minimum atomic E-state index is 0.0581. The third kappa shape index (κ3) is 4.99. The molecule has 0 radical (unpaired) electrons. The van der Waals surface area contributed by atoms with Crippen LogP contribution in [0.5, 0.6) is 0 Å². The predicted octanol–water partition coefficient (Wildman–Crippen LogP) is 3.03. The number of carbonyl (C=O) groups excluding carboxylic acids is 1. The highest BCUT2D eigenvalue weighted by Crippen LogP contribution is 2.29. The Morgan fingerprint density at radius 3 is 2.64 bits per heavy atom. The molecule has 36 heavy (non-hydrogen) atoms. The van der Waals surface area contributed by atoms with Crippen molar-refractivity contribution >= 4 is 34.4 Å². The van der Waals surface area contributed by atoms with Gasteiger partial charge in [-0.25, -0.2) is 14.8 Å². The molecule has 4 heterocycles. The summed E-state index contributed by atoms with van der Waals surface area (Å²) in [7, 11) is 3.70. The maximum atomic E-state index is 12.2. The van der Waals surface area contributed by atoms with Crippen LogP contribution in [0.2, 0.25) is 0 Å². The highest BCUT2D eigenvalue weighted by Gasteiger charge is 2.28. The average molecular weight is 491 g/mol. The van der Waals surface area contributed by atoms with Gasteiger partial charge in [0.15, 0.2) is 11.5 Å². The summed E-state index contributed by atoms with van der Waals surface area (Å²) in [6.45, 7) is 9.18. The lowest BCUT2D eigenvalue weighted by atomic mass is 10.1. The van der Waals surface area contributed by atoms with Crippen LogP contribution in [-0.4, -0.2) is 89.6 Å². The van der Waals surface area contributed by atoms with Crippen LogP contribution in [0.3, 0.4) is 0 Å². The summed E-state index contributed by atoms with van der Waals surface area (Å²) in [6.07, 6.45) is 1.86. The van der Waals surface area contributed by atoms with Gasteiger partial charge >= 0.3 is 6.03 Å². The van der Waals surface area contributed by atoms with E-state index in [0.717, 1.165) is 47.8 Å². The van der Waals surface area contributed by atoms with E-state index in [2.05, 4.69) is 45.1 Å². The lowest BCUT2D eigenvalue weighted by molar-refractivity contribution is 0.122. The number of rotatable bonds is 6. The number of aromatic nitrogens is 3. The lowest BCUT2D eigenvalue weighted by Crippen LogP contribution is -2.50. The number of urea groups is 1. The molecule has 2 aliphatic heterocycles. The van der Waals surface area contributed by atoms with E-state index in [9.17, 15) is 4.79 Å². The zero-order valence-electron chi connectivity index (χ0n) is 21.4. The van der Waals surface area contributed by atoms with Crippen molar-refractivity contribution in [2.45, 2.75) is 20.4 Å². The number of nitrogens with one attached hydrogen (secondary N) is 1. The first-order chi connectivity index (χ1) is 17.4. The number of hydrazone groups is 1. The Morgan fingerprint density at radius 2 is 1.92 bits per heavy atom. The molecule has 2 aliphatic rings. The molecule has 0 aliphatic carbocycles. The Morgan fingerprint density at radius 1 is 1.17 bits per heavy atom. The van der Waals surface area contributed by atoms with Gasteiger partial charge in [0.1, 0.15) is 5.52 Å². The number of nitrogens with zero attached hydrogens (tertiary/aromatic N) is 7. The van der Waals surface area contributed by atoms with Crippen LogP contribution in [0.1, 0.15) is 18.1 Å². The molecule has 2 aromatic heterocycles. The van der Waals surface area contributed by atoms with Crippen LogP contribution in [0.4, 0.5) is 16.3 Å². The molecule has 3 aromatic rings. The van der Waals surface area contributed by atoms with Crippen molar-refractivity contribution < 1.29 is 9.53 Å². The molecule has 10 nitrogen and oxygen atoms in total. The number of hydrogen-bond acceptors (Lipinski definition) is 7. The van der Waals surface area contributed by atoms with Crippen molar-refractivity contribution in [3.8, 4) is 0 Å². The van der Waals surface area contributed by atoms with E-state index in [1.165, 1.54) is 5.56 Å². The molecule has 0 atom stereocenters. The zero-order chi connectivity index (χ0) is 25.2. The topological polar surface area (TPSA) is 91.1 Å². The fourth-order valence-corrected chi connectivity index (χ4v) is 5.00. The molecular weight excluding hydrogens is 456 g/mol. The quantitative estimate of drug-likeness (QED) is 0.422. The number of benzene rings is 1. The van der Waals surface area contributed by atoms with Crippen molar-refractivity contribution in [2.24, 2.45) is 11.0 Å². The van der Waals surface area contributed by atoms with Crippen LogP contribution >= 0.6 is 0 Å². The van der Waals surface area contributed by atoms with Crippen molar-refractivity contribution in [2.75, 3.05) is 63.8 Å². The van der Waals surface area contributed by atoms with E-state index in [1.807, 2.05) is 39.5 Å². The first kappa shape index (κ1) is 24.1. The van der Waals surface area contributed by atoms with E-state index >= 15 is 0 Å². The van der Waals surface area contributed by atoms with Gasteiger partial charge in [-0.1, -0.05) is 29.8 Å². The van der Waals surface area contributed by atoms with Crippen LogP contribution in [-0.2, 0) is 11.3 Å². The number of aryl methyl sites for hydroxylation is 1. The van der Waals surface area contributed by atoms with E-state index in [4.69, 9.17) is 14.7 Å². The summed E-state index contributed by atoms with van der Waals surface area (Å²) in [5.74, 6) is 0.952. The van der Waals surface area contributed by atoms with Gasteiger partial charge in [-0.2, -0.15) is 5.10 Å². The largest absolute Gasteiger partial charge is 0.378 e. The van der Waals surface area contributed by atoms with E-state index in [1.54, 1.807) is 9.80 Å². The Hall–Kier alpha value is -3.66. The van der Waals surface area contributed by atoms with Crippen LogP contribution in [0.15, 0.2) is 41.8 Å². The maximum absolute atomic E-state index is 12.2. The molecule has 5 rings (SSSR count). The number of amides is 2. The number of imidazole rings is 1. The van der Waals surface area contributed by atoms with Gasteiger partial charge in [-0.15, -0.1) is 0 Å². The molecule has 0 bridgehead atoms. The van der Waals surface area contributed by atoms with Gasteiger partial charge in [0.05, 0.1) is 30.9 Å². The minimum Gasteiger partial charge on any atom is -0.378 e. The van der Waals surface area contributed by atoms with Crippen LogP contribution < -0.4 is 10.3 Å². The molecular formula is C26H34N8O2. The molecule has 0 saturated carbocycles. The molecule has 190 valence electrons. The summed E-state index contributed by atoms with van der Waals surface area (Å²) in [6, 6.07) is 10.4. The molecule has 0 unspecified atom stereocenters. The van der Waals surface area contributed by atoms with E-state index in [-0.39, 0.29) is 11.9 Å². The Labute approximate surface area is 211 Å². The number of morpholine rings is 1. The van der Waals surface area contributed by atoms with Gasteiger partial charge in [0, 0.05) is 58.8 Å². The third-order valence-corrected chi connectivity index (χ3v) is 6.85. The first-order valence-corrected chi connectivity index (χ1v) is 12.4. The summed E-state index contributed by atoms with van der Waals surface area (Å²) < 4.78 is 7.68. The summed E-state index contributed by atoms with van der Waals surface area (Å²) in [5, 5.41) is 4.64. The molecule has 1 N–H and O–H groups in total. The smallest absolute Gasteiger partial charge is 0.319 e. The maximum Gasteiger partial charge on any atom is 0.319 e. The summed E-state index contributed by atoms with van der Waals surface area (Å²) in [5.41, 5.74) is 9.06. The fraction of sp³-hybridized carbons (Fsp3) is 0.462. The molecule has 2 saturated heterocycles. The highest BCUT2D eigenvalue weighted by atomic mass is 16.5. The summed E-state index contributed by atoms with van der Waals surface area (Å²) in [4.78, 5) is 27.7. The fourth-order valence-electron chi connectivity index (χ4n) is 5.00. The molecule has 0 spiro atoms. The minimum absolute atomic E-state index is 0.0581. The Kier molecular flexibility index (Phi) is 6.77. The van der Waals surface area contributed by atoms with Gasteiger partial charge in [-0.05, 0) is 19.4 Å². The van der Waals surface area contributed by atoms with Crippen molar-refractivity contribution in [3.05, 3.63) is 47.8 Å². The third-order valence-electron chi connectivity index (χ3n) is 6.85. The number of pyridine rings is 1. The van der Waals surface area contributed by atoms with Gasteiger partial charge in [-0.3, -0.25) is 5.43 Å². The number of ether oxygens (including phenoxy) is 1. The normalized spacial score (nSPS) is 17.8. The summed E-state index contributed by atoms with van der Waals surface area (Å²) >= 11 is 0. The van der Waals surface area contributed by atoms with Crippen molar-refractivity contribution in [3.63, 3.8) is 0 Å². The van der Waals surface area contributed by atoms with Gasteiger partial charge < -0.3 is 24.0 Å². The average Bonchev–Trinajstić information content (AvgIpc) is 3.28. The molecule has 1 aromatic carbocycles. The van der Waals surface area contributed by atoms with Gasteiger partial charge in [0.2, 0.25) is 0 Å². The van der Waals surface area contributed by atoms with Crippen LogP contribution in [0.25, 0.3) is 11.2 Å². The first-order valence-electron chi connectivity index (χ1n) is 12.4. The number of hydrogen-bond donors (Lipinski definition) is 1. The Bertz CT molecular complexity index is 1270. The SMILES string of the molecule is C/C(=N\Nc1cc(N2CCOCC2)c2ncn(CC3CN(C)C(=O)N(C)C3)c2n1)c1cccc(C)c1. The zero-order valence-corrected chi connectivity index (χ0v) is 21.4. The number of carbonyl (C=O) groups is 1. The van der Waals surface area contributed by atoms with Crippen molar-refractivity contribution in [1.82, 2.24) is 24.3 Å². The second kappa shape index (κ2) is 10.1. The monoisotopic (exact) mass is 490 g/mol. The van der Waals surface area contributed by atoms with Crippen molar-refractivity contribution in [1.29, 1.82) is 0 Å². The van der Waals surface area contributed by atoms with E-state index in [0.29, 0.717) is 32.1 Å². The Balaban J connectivity index is 1.47. The van der Waals surface area contributed by atoms with Gasteiger partial charge in [0.25, 0.3) is 0 Å². The second-order valence-corrected chi connectivity index (χ2v) is 9.78. The number of fused-ring (bicyclic) bond motifs is 1. The lowest BCUT2D eigenvalue weighted by Gasteiger charge is -2.36.